The second-order valence-corrected chi connectivity index (χ2v) is 4.86. The Hall–Kier alpha value is -1.49. The van der Waals surface area contributed by atoms with E-state index < -0.39 is 29.1 Å². The zero-order valence-corrected chi connectivity index (χ0v) is 12.0. The monoisotopic (exact) mass is 286 g/mol. The Kier molecular flexibility index (Phi) is 5.62. The van der Waals surface area contributed by atoms with Gasteiger partial charge in [-0.2, -0.15) is 0 Å². The van der Waals surface area contributed by atoms with Gasteiger partial charge in [0.25, 0.3) is 0 Å². The quantitative estimate of drug-likeness (QED) is 0.817. The van der Waals surface area contributed by atoms with E-state index in [0.29, 0.717) is 18.9 Å². The molecule has 5 heteroatoms. The van der Waals surface area contributed by atoms with Crippen LogP contribution in [0.2, 0.25) is 0 Å². The fourth-order valence-electron chi connectivity index (χ4n) is 2.25. The summed E-state index contributed by atoms with van der Waals surface area (Å²) in [6, 6.07) is 2.91. The van der Waals surface area contributed by atoms with Crippen LogP contribution in [0, 0.1) is 17.6 Å². The summed E-state index contributed by atoms with van der Waals surface area (Å²) in [5.74, 6) is -3.08. The van der Waals surface area contributed by atoms with Gasteiger partial charge >= 0.3 is 5.97 Å². The fourth-order valence-corrected chi connectivity index (χ4v) is 2.25. The first-order chi connectivity index (χ1) is 9.34. The van der Waals surface area contributed by atoms with Gasteiger partial charge in [-0.25, -0.2) is 8.78 Å². The van der Waals surface area contributed by atoms with Crippen LogP contribution in [0.5, 0.6) is 0 Å². The van der Waals surface area contributed by atoms with Gasteiger partial charge in [-0.15, -0.1) is 0 Å². The van der Waals surface area contributed by atoms with E-state index in [4.69, 9.17) is 4.74 Å². The maximum atomic E-state index is 13.8. The summed E-state index contributed by atoms with van der Waals surface area (Å²) in [5.41, 5.74) is -1.86. The van der Waals surface area contributed by atoms with Crippen LogP contribution in [0.4, 0.5) is 8.78 Å². The minimum absolute atomic E-state index is 0.106. The topological polar surface area (TPSA) is 46.5 Å². The Bertz CT molecular complexity index is 472. The lowest BCUT2D eigenvalue weighted by Crippen LogP contribution is -2.39. The average molecular weight is 286 g/mol. The third kappa shape index (κ3) is 3.54. The summed E-state index contributed by atoms with van der Waals surface area (Å²) in [4.78, 5) is 12.0. The van der Waals surface area contributed by atoms with Crippen molar-refractivity contribution in [3.05, 3.63) is 35.4 Å². The molecule has 0 aliphatic heterocycles. The lowest BCUT2D eigenvalue weighted by Gasteiger charge is -2.32. The molecule has 0 bridgehead atoms. The Morgan fingerprint density at radius 2 is 2.05 bits per heavy atom. The SMILES string of the molecule is CCCC(C(=O)OCC)C(C)(O)c1ccc(F)cc1F. The minimum Gasteiger partial charge on any atom is -0.466 e. The molecule has 0 saturated carbocycles. The highest BCUT2D eigenvalue weighted by Gasteiger charge is 2.41. The molecule has 3 nitrogen and oxygen atoms in total. The predicted molar refractivity (Wildman–Crippen MR) is 71.0 cm³/mol. The van der Waals surface area contributed by atoms with E-state index in [1.807, 2.05) is 6.92 Å². The van der Waals surface area contributed by atoms with Crippen LogP contribution in [0.1, 0.15) is 39.2 Å². The highest BCUT2D eigenvalue weighted by molar-refractivity contribution is 5.74. The molecule has 0 spiro atoms. The zero-order valence-electron chi connectivity index (χ0n) is 12.0. The molecule has 0 radical (unpaired) electrons. The van der Waals surface area contributed by atoms with Crippen LogP contribution < -0.4 is 0 Å². The number of aliphatic hydroxyl groups is 1. The van der Waals surface area contributed by atoms with E-state index in [1.165, 1.54) is 6.92 Å². The number of carbonyl (C=O) groups is 1. The average Bonchev–Trinajstić information content (AvgIpc) is 2.35. The van der Waals surface area contributed by atoms with E-state index in [9.17, 15) is 18.7 Å². The lowest BCUT2D eigenvalue weighted by atomic mass is 9.80. The Balaban J connectivity index is 3.17. The highest BCUT2D eigenvalue weighted by atomic mass is 19.1. The standard InChI is InChI=1S/C15H20F2O3/c1-4-6-12(14(18)20-5-2)15(3,19)11-8-7-10(16)9-13(11)17/h7-9,12,19H,4-6H2,1-3H3. The highest BCUT2D eigenvalue weighted by Crippen LogP contribution is 2.35. The maximum Gasteiger partial charge on any atom is 0.312 e. The number of ether oxygens (including phenoxy) is 1. The molecule has 2 atom stereocenters. The minimum atomic E-state index is -1.75. The largest absolute Gasteiger partial charge is 0.466 e. The van der Waals surface area contributed by atoms with Gasteiger partial charge in [0.2, 0.25) is 0 Å². The second kappa shape index (κ2) is 6.79. The molecule has 112 valence electrons. The summed E-state index contributed by atoms with van der Waals surface area (Å²) in [7, 11) is 0. The van der Waals surface area contributed by atoms with Crippen LogP contribution in [-0.4, -0.2) is 17.7 Å². The van der Waals surface area contributed by atoms with Crippen molar-refractivity contribution in [1.29, 1.82) is 0 Å². The van der Waals surface area contributed by atoms with Crippen LogP contribution in [0.3, 0.4) is 0 Å². The molecule has 0 amide bonds. The zero-order chi connectivity index (χ0) is 15.3. The molecule has 20 heavy (non-hydrogen) atoms. The number of halogens is 2. The molecule has 0 aromatic heterocycles. The van der Waals surface area contributed by atoms with Gasteiger partial charge in [-0.1, -0.05) is 19.4 Å². The Morgan fingerprint density at radius 1 is 1.40 bits per heavy atom. The smallest absolute Gasteiger partial charge is 0.312 e. The number of rotatable bonds is 6. The number of benzene rings is 1. The van der Waals surface area contributed by atoms with Gasteiger partial charge in [-0.3, -0.25) is 4.79 Å². The molecule has 0 aliphatic rings. The number of esters is 1. The normalized spacial score (nSPS) is 15.5. The van der Waals surface area contributed by atoms with E-state index >= 15 is 0 Å². The number of carbonyl (C=O) groups excluding carboxylic acids is 1. The Morgan fingerprint density at radius 3 is 2.55 bits per heavy atom. The molecule has 0 aliphatic carbocycles. The summed E-state index contributed by atoms with van der Waals surface area (Å²) in [6.45, 7) is 5.04. The van der Waals surface area contributed by atoms with Crippen molar-refractivity contribution >= 4 is 5.97 Å². The van der Waals surface area contributed by atoms with Gasteiger partial charge < -0.3 is 9.84 Å². The van der Waals surface area contributed by atoms with Gasteiger partial charge in [-0.05, 0) is 26.3 Å². The van der Waals surface area contributed by atoms with Crippen LogP contribution >= 0.6 is 0 Å². The van der Waals surface area contributed by atoms with Crippen LogP contribution in [0.15, 0.2) is 18.2 Å². The molecule has 1 rings (SSSR count). The first-order valence-electron chi connectivity index (χ1n) is 6.69. The first kappa shape index (κ1) is 16.6. The molecule has 1 aromatic carbocycles. The van der Waals surface area contributed by atoms with Crippen molar-refractivity contribution in [3.8, 4) is 0 Å². The van der Waals surface area contributed by atoms with Crippen molar-refractivity contribution in [2.45, 2.75) is 39.2 Å². The Labute approximate surface area is 117 Å². The fraction of sp³-hybridized carbons (Fsp3) is 0.533. The summed E-state index contributed by atoms with van der Waals surface area (Å²) in [5, 5.41) is 10.6. The van der Waals surface area contributed by atoms with E-state index in [-0.39, 0.29) is 12.2 Å². The molecule has 1 N–H and O–H groups in total. The van der Waals surface area contributed by atoms with Crippen molar-refractivity contribution < 1.29 is 23.4 Å². The van der Waals surface area contributed by atoms with Crippen molar-refractivity contribution in [2.24, 2.45) is 5.92 Å². The summed E-state index contributed by atoms with van der Waals surface area (Å²) < 4.78 is 31.7. The van der Waals surface area contributed by atoms with E-state index in [2.05, 4.69) is 0 Å². The number of hydrogen-bond donors (Lipinski definition) is 1. The molecular formula is C15H20F2O3. The maximum absolute atomic E-state index is 13.8. The predicted octanol–water partition coefficient (Wildman–Crippen LogP) is 3.15. The number of hydrogen-bond acceptors (Lipinski definition) is 3. The molecule has 0 heterocycles. The van der Waals surface area contributed by atoms with Crippen molar-refractivity contribution in [3.63, 3.8) is 0 Å². The van der Waals surface area contributed by atoms with Gasteiger partial charge in [0.05, 0.1) is 12.5 Å². The van der Waals surface area contributed by atoms with Gasteiger partial charge in [0.1, 0.15) is 17.2 Å². The third-order valence-corrected chi connectivity index (χ3v) is 3.30. The lowest BCUT2D eigenvalue weighted by molar-refractivity contribution is -0.158. The van der Waals surface area contributed by atoms with Crippen LogP contribution in [0.25, 0.3) is 0 Å². The third-order valence-electron chi connectivity index (χ3n) is 3.30. The summed E-state index contributed by atoms with van der Waals surface area (Å²) in [6.07, 6.45) is 0.977. The molecule has 2 unspecified atom stereocenters. The second-order valence-electron chi connectivity index (χ2n) is 4.86. The molecular weight excluding hydrogens is 266 g/mol. The molecule has 1 aromatic rings. The van der Waals surface area contributed by atoms with Crippen molar-refractivity contribution in [1.82, 2.24) is 0 Å². The van der Waals surface area contributed by atoms with E-state index in [1.54, 1.807) is 6.92 Å². The van der Waals surface area contributed by atoms with Gasteiger partial charge in [0.15, 0.2) is 0 Å². The van der Waals surface area contributed by atoms with Crippen LogP contribution in [-0.2, 0) is 15.1 Å². The first-order valence-corrected chi connectivity index (χ1v) is 6.69. The van der Waals surface area contributed by atoms with Crippen molar-refractivity contribution in [2.75, 3.05) is 6.61 Å². The van der Waals surface area contributed by atoms with E-state index in [0.717, 1.165) is 12.1 Å². The van der Waals surface area contributed by atoms with Gasteiger partial charge in [0, 0.05) is 11.6 Å². The molecule has 0 saturated heterocycles. The molecule has 0 fully saturated rings. The summed E-state index contributed by atoms with van der Waals surface area (Å²) >= 11 is 0.